The van der Waals surface area contributed by atoms with E-state index in [2.05, 4.69) is 60.1 Å². The Bertz CT molecular complexity index is 1480. The summed E-state index contributed by atoms with van der Waals surface area (Å²) in [6.45, 7) is 5.44. The number of hydrogen-bond acceptors (Lipinski definition) is 7. The summed E-state index contributed by atoms with van der Waals surface area (Å²) in [4.78, 5) is 18.5. The topological polar surface area (TPSA) is 80.3 Å². The largest absolute Gasteiger partial charge is 0.351 e. The second-order valence-electron chi connectivity index (χ2n) is 9.11. The summed E-state index contributed by atoms with van der Waals surface area (Å²) in [5.41, 5.74) is 5.40. The molecule has 1 aromatic carbocycles. The van der Waals surface area contributed by atoms with Crippen molar-refractivity contribution >= 4 is 28.9 Å². The normalized spacial score (nSPS) is 15.0. The van der Waals surface area contributed by atoms with Crippen molar-refractivity contribution < 1.29 is 0 Å². The number of aryl methyl sites for hydroxylation is 1. The third kappa shape index (κ3) is 4.26. The molecule has 0 saturated carbocycles. The van der Waals surface area contributed by atoms with Crippen LogP contribution in [0.25, 0.3) is 16.6 Å². The second kappa shape index (κ2) is 9.23. The molecule has 5 aromatic rings. The van der Waals surface area contributed by atoms with Gasteiger partial charge in [0.05, 0.1) is 6.20 Å². The van der Waals surface area contributed by atoms with Crippen molar-refractivity contribution in [3.05, 3.63) is 83.8 Å². The average Bonchev–Trinajstić information content (AvgIpc) is 3.55. The van der Waals surface area contributed by atoms with E-state index in [-0.39, 0.29) is 5.92 Å². The molecular formula is C26H26ClN9. The molecule has 1 saturated heterocycles. The molecule has 0 bridgehead atoms. The van der Waals surface area contributed by atoms with Gasteiger partial charge in [0.25, 0.3) is 0 Å². The van der Waals surface area contributed by atoms with Crippen LogP contribution < -0.4 is 9.80 Å². The molecule has 5 heterocycles. The van der Waals surface area contributed by atoms with Crippen molar-refractivity contribution in [3.8, 4) is 11.1 Å². The van der Waals surface area contributed by atoms with Crippen molar-refractivity contribution in [1.82, 2.24) is 34.3 Å². The fourth-order valence-corrected chi connectivity index (χ4v) is 4.79. The summed E-state index contributed by atoms with van der Waals surface area (Å²) in [5.74, 6) is 1.90. The Labute approximate surface area is 214 Å². The Kier molecular flexibility index (Phi) is 5.77. The van der Waals surface area contributed by atoms with E-state index in [9.17, 15) is 0 Å². The lowest BCUT2D eigenvalue weighted by atomic mass is 9.95. The maximum Gasteiger partial charge on any atom is 0.225 e. The van der Waals surface area contributed by atoms with Gasteiger partial charge in [-0.1, -0.05) is 30.7 Å². The predicted molar refractivity (Wildman–Crippen MR) is 141 cm³/mol. The van der Waals surface area contributed by atoms with Crippen LogP contribution >= 0.6 is 11.6 Å². The molecule has 1 unspecified atom stereocenters. The Morgan fingerprint density at radius 2 is 1.53 bits per heavy atom. The number of hydrogen-bond donors (Lipinski definition) is 0. The van der Waals surface area contributed by atoms with E-state index in [4.69, 9.17) is 11.6 Å². The SMILES string of the molecule is CC(c1ccc(Cl)cc1)c1cnc(N2CCN(c3ncnn4cc(-c5cnn(C)c5)cc34)CC2)nc1. The number of nitrogens with zero attached hydrogens (tertiary/aromatic N) is 9. The maximum absolute atomic E-state index is 6.03. The van der Waals surface area contributed by atoms with Gasteiger partial charge in [-0.25, -0.2) is 19.5 Å². The third-order valence-corrected chi connectivity index (χ3v) is 7.07. The molecule has 1 fully saturated rings. The molecule has 182 valence electrons. The molecule has 0 N–H and O–H groups in total. The molecule has 0 aliphatic carbocycles. The number of anilines is 2. The molecule has 1 atom stereocenters. The van der Waals surface area contributed by atoms with Crippen LogP contribution in [-0.4, -0.2) is 60.5 Å². The first kappa shape index (κ1) is 22.5. The number of benzene rings is 1. The smallest absolute Gasteiger partial charge is 0.225 e. The summed E-state index contributed by atoms with van der Waals surface area (Å²) >= 11 is 6.03. The van der Waals surface area contributed by atoms with E-state index in [1.54, 1.807) is 11.0 Å². The lowest BCUT2D eigenvalue weighted by Crippen LogP contribution is -2.47. The number of fused-ring (bicyclic) bond motifs is 1. The van der Waals surface area contributed by atoms with Gasteiger partial charge in [0.2, 0.25) is 5.95 Å². The van der Waals surface area contributed by atoms with E-state index >= 15 is 0 Å². The molecule has 6 rings (SSSR count). The van der Waals surface area contributed by atoms with Crippen LogP contribution in [0.3, 0.4) is 0 Å². The van der Waals surface area contributed by atoms with Crippen LogP contribution in [0.4, 0.5) is 11.8 Å². The first-order chi connectivity index (χ1) is 17.5. The van der Waals surface area contributed by atoms with E-state index in [1.165, 1.54) is 5.56 Å². The average molecular weight is 500 g/mol. The molecule has 1 aliphatic heterocycles. The maximum atomic E-state index is 6.03. The molecule has 10 heteroatoms. The summed E-state index contributed by atoms with van der Waals surface area (Å²) in [5, 5.41) is 9.44. The van der Waals surface area contributed by atoms with Gasteiger partial charge in [0.15, 0.2) is 5.82 Å². The second-order valence-corrected chi connectivity index (χ2v) is 9.55. The minimum atomic E-state index is 0.201. The highest BCUT2D eigenvalue weighted by atomic mass is 35.5. The Balaban J connectivity index is 1.15. The van der Waals surface area contributed by atoms with Crippen LogP contribution in [0.1, 0.15) is 24.0 Å². The van der Waals surface area contributed by atoms with Crippen LogP contribution in [0.15, 0.2) is 67.6 Å². The molecular weight excluding hydrogens is 474 g/mol. The zero-order valence-electron chi connectivity index (χ0n) is 20.2. The Morgan fingerprint density at radius 1 is 0.806 bits per heavy atom. The lowest BCUT2D eigenvalue weighted by molar-refractivity contribution is 0.632. The van der Waals surface area contributed by atoms with Crippen molar-refractivity contribution in [2.75, 3.05) is 36.0 Å². The summed E-state index contributed by atoms with van der Waals surface area (Å²) in [6, 6.07) is 10.1. The summed E-state index contributed by atoms with van der Waals surface area (Å²) in [6.07, 6.45) is 11.4. The highest BCUT2D eigenvalue weighted by Crippen LogP contribution is 2.28. The molecule has 9 nitrogen and oxygen atoms in total. The van der Waals surface area contributed by atoms with Crippen LogP contribution in [0.5, 0.6) is 0 Å². The lowest BCUT2D eigenvalue weighted by Gasteiger charge is -2.35. The molecule has 0 spiro atoms. The summed E-state index contributed by atoms with van der Waals surface area (Å²) in [7, 11) is 1.92. The van der Waals surface area contributed by atoms with Crippen molar-refractivity contribution in [3.63, 3.8) is 0 Å². The molecule has 1 aliphatic rings. The van der Waals surface area contributed by atoms with Crippen molar-refractivity contribution in [1.29, 1.82) is 0 Å². The van der Waals surface area contributed by atoms with Gasteiger partial charge < -0.3 is 9.80 Å². The minimum Gasteiger partial charge on any atom is -0.351 e. The molecule has 4 aromatic heterocycles. The number of piperazine rings is 1. The summed E-state index contributed by atoms with van der Waals surface area (Å²) < 4.78 is 3.69. The van der Waals surface area contributed by atoms with Gasteiger partial charge in [0, 0.05) is 80.1 Å². The van der Waals surface area contributed by atoms with E-state index in [0.717, 1.165) is 65.2 Å². The Morgan fingerprint density at radius 3 is 2.22 bits per heavy atom. The third-order valence-electron chi connectivity index (χ3n) is 6.81. The number of aromatic nitrogens is 7. The van der Waals surface area contributed by atoms with Gasteiger partial charge in [-0.15, -0.1) is 0 Å². The van der Waals surface area contributed by atoms with Crippen LogP contribution in [-0.2, 0) is 7.05 Å². The molecule has 0 radical (unpaired) electrons. The highest BCUT2D eigenvalue weighted by molar-refractivity contribution is 6.30. The zero-order valence-corrected chi connectivity index (χ0v) is 20.9. The Hall–Kier alpha value is -3.98. The fraction of sp³-hybridized carbons (Fsp3) is 0.269. The van der Waals surface area contributed by atoms with E-state index < -0.39 is 0 Å². The highest BCUT2D eigenvalue weighted by Gasteiger charge is 2.23. The quantitative estimate of drug-likeness (QED) is 0.361. The molecule has 0 amide bonds. The van der Waals surface area contributed by atoms with Gasteiger partial charge in [0.1, 0.15) is 11.8 Å². The van der Waals surface area contributed by atoms with Crippen molar-refractivity contribution in [2.24, 2.45) is 7.05 Å². The number of halogens is 1. The van der Waals surface area contributed by atoms with Gasteiger partial charge in [-0.2, -0.15) is 10.2 Å². The first-order valence-corrected chi connectivity index (χ1v) is 12.3. The zero-order chi connectivity index (χ0) is 24.6. The number of rotatable bonds is 5. The first-order valence-electron chi connectivity index (χ1n) is 11.9. The fourth-order valence-electron chi connectivity index (χ4n) is 4.67. The standard InChI is InChI=1S/C26H26ClN9/c1-18(19-3-5-23(27)6-4-19)21-12-28-26(29-13-21)35-9-7-34(8-10-35)25-24-11-20(16-36(24)32-17-30-25)22-14-31-33(2)15-22/h3-6,11-18H,7-10H2,1-2H3. The van der Waals surface area contributed by atoms with E-state index in [1.807, 2.05) is 54.7 Å². The van der Waals surface area contributed by atoms with E-state index in [0.29, 0.717) is 0 Å². The van der Waals surface area contributed by atoms with Gasteiger partial charge in [-0.05, 0) is 29.3 Å². The van der Waals surface area contributed by atoms with Crippen LogP contribution in [0, 0.1) is 0 Å². The monoisotopic (exact) mass is 499 g/mol. The van der Waals surface area contributed by atoms with Gasteiger partial charge >= 0.3 is 0 Å². The minimum absolute atomic E-state index is 0.201. The van der Waals surface area contributed by atoms with Gasteiger partial charge in [-0.3, -0.25) is 4.68 Å². The van der Waals surface area contributed by atoms with Crippen molar-refractivity contribution in [2.45, 2.75) is 12.8 Å². The predicted octanol–water partition coefficient (Wildman–Crippen LogP) is 4.05. The van der Waals surface area contributed by atoms with Crippen LogP contribution in [0.2, 0.25) is 5.02 Å². The molecule has 36 heavy (non-hydrogen) atoms.